The molecule has 4 nitrogen and oxygen atoms in total. The van der Waals surface area contributed by atoms with Gasteiger partial charge in [0, 0.05) is 6.04 Å². The van der Waals surface area contributed by atoms with Crippen LogP contribution in [0.4, 0.5) is 14.7 Å². The molecule has 6 heteroatoms. The van der Waals surface area contributed by atoms with Crippen molar-refractivity contribution in [1.29, 1.82) is 0 Å². The van der Waals surface area contributed by atoms with Gasteiger partial charge in [0.25, 0.3) is 0 Å². The van der Waals surface area contributed by atoms with Crippen molar-refractivity contribution in [3.8, 4) is 0 Å². The third-order valence-corrected chi connectivity index (χ3v) is 1.49. The number of nitrogens with zero attached hydrogens (tertiary/aromatic N) is 3. The molecule has 1 aliphatic carbocycles. The lowest BCUT2D eigenvalue weighted by molar-refractivity contribution is 0.457. The monoisotopic (exact) mass is 172 g/mol. The number of halogens is 2. The van der Waals surface area contributed by atoms with E-state index in [-0.39, 0.29) is 12.0 Å². The van der Waals surface area contributed by atoms with Crippen LogP contribution in [0.1, 0.15) is 12.8 Å². The maximum Gasteiger partial charge on any atom is 0.315 e. The second kappa shape index (κ2) is 2.62. The van der Waals surface area contributed by atoms with Crippen molar-refractivity contribution in [2.45, 2.75) is 18.9 Å². The highest BCUT2D eigenvalue weighted by Crippen LogP contribution is 2.22. The van der Waals surface area contributed by atoms with Gasteiger partial charge in [0.15, 0.2) is 0 Å². The van der Waals surface area contributed by atoms with E-state index in [0.717, 1.165) is 12.8 Å². The fourth-order valence-electron chi connectivity index (χ4n) is 0.801. The van der Waals surface area contributed by atoms with Crippen molar-refractivity contribution in [3.05, 3.63) is 12.2 Å². The Hall–Kier alpha value is -1.33. The Labute approximate surface area is 67.1 Å². The van der Waals surface area contributed by atoms with Crippen LogP contribution in [0.2, 0.25) is 0 Å². The predicted octanol–water partition coefficient (Wildman–Crippen LogP) is 0.724. The first-order chi connectivity index (χ1) is 5.74. The summed E-state index contributed by atoms with van der Waals surface area (Å²) in [5, 5.41) is 2.76. The third-order valence-electron chi connectivity index (χ3n) is 1.49. The summed E-state index contributed by atoms with van der Waals surface area (Å²) in [6.45, 7) is 0. The summed E-state index contributed by atoms with van der Waals surface area (Å²) >= 11 is 0. The van der Waals surface area contributed by atoms with E-state index in [9.17, 15) is 8.78 Å². The minimum atomic E-state index is -1.09. The predicted molar refractivity (Wildman–Crippen MR) is 36.4 cm³/mol. The first-order valence-electron chi connectivity index (χ1n) is 3.57. The van der Waals surface area contributed by atoms with Crippen molar-refractivity contribution in [2.24, 2.45) is 0 Å². The van der Waals surface area contributed by atoms with Crippen molar-refractivity contribution >= 4 is 5.95 Å². The summed E-state index contributed by atoms with van der Waals surface area (Å²) < 4.78 is 24.7. The zero-order valence-corrected chi connectivity index (χ0v) is 6.09. The Balaban J connectivity index is 2.18. The fraction of sp³-hybridized carbons (Fsp3) is 0.500. The Morgan fingerprint density at radius 1 is 1.08 bits per heavy atom. The molecule has 0 atom stereocenters. The zero-order valence-electron chi connectivity index (χ0n) is 6.09. The molecule has 64 valence electrons. The Bertz CT molecular complexity index is 279. The maximum atomic E-state index is 12.4. The summed E-state index contributed by atoms with van der Waals surface area (Å²) in [6.07, 6.45) is -0.194. The highest BCUT2D eigenvalue weighted by Gasteiger charge is 2.22. The molecule has 1 saturated carbocycles. The van der Waals surface area contributed by atoms with Crippen LogP contribution in [-0.2, 0) is 0 Å². The van der Waals surface area contributed by atoms with Crippen LogP contribution in [0.25, 0.3) is 0 Å². The van der Waals surface area contributed by atoms with E-state index in [0.29, 0.717) is 0 Å². The molecule has 0 unspecified atom stereocenters. The van der Waals surface area contributed by atoms with Gasteiger partial charge in [-0.15, -0.1) is 0 Å². The van der Waals surface area contributed by atoms with Gasteiger partial charge in [-0.1, -0.05) is 0 Å². The lowest BCUT2D eigenvalue weighted by Crippen LogP contribution is -2.09. The quantitative estimate of drug-likeness (QED) is 0.714. The molecule has 0 radical (unpaired) electrons. The zero-order chi connectivity index (χ0) is 8.55. The van der Waals surface area contributed by atoms with Crippen LogP contribution in [0.5, 0.6) is 0 Å². The van der Waals surface area contributed by atoms with Crippen LogP contribution < -0.4 is 5.32 Å². The van der Waals surface area contributed by atoms with Crippen LogP contribution in [-0.4, -0.2) is 21.0 Å². The average Bonchev–Trinajstić information content (AvgIpc) is 2.68. The average molecular weight is 172 g/mol. The Kier molecular flexibility index (Phi) is 1.60. The molecule has 2 rings (SSSR count). The second-order valence-corrected chi connectivity index (χ2v) is 2.62. The van der Waals surface area contributed by atoms with Gasteiger partial charge in [0.2, 0.25) is 5.95 Å². The van der Waals surface area contributed by atoms with Crippen molar-refractivity contribution < 1.29 is 8.78 Å². The second-order valence-electron chi connectivity index (χ2n) is 2.62. The molecule has 0 amide bonds. The van der Waals surface area contributed by atoms with Gasteiger partial charge in [0.05, 0.1) is 0 Å². The van der Waals surface area contributed by atoms with Crippen LogP contribution in [0.3, 0.4) is 0 Å². The molecule has 1 aromatic heterocycles. The normalized spacial score (nSPS) is 16.2. The lowest BCUT2D eigenvalue weighted by Gasteiger charge is -1.99. The Morgan fingerprint density at radius 2 is 1.67 bits per heavy atom. The topological polar surface area (TPSA) is 50.7 Å². The van der Waals surface area contributed by atoms with Gasteiger partial charge in [-0.25, -0.2) is 0 Å². The Morgan fingerprint density at radius 3 is 2.17 bits per heavy atom. The molecular formula is C6H6F2N4. The third kappa shape index (κ3) is 1.63. The number of anilines is 1. The van der Waals surface area contributed by atoms with Crippen molar-refractivity contribution in [1.82, 2.24) is 15.0 Å². The molecule has 1 fully saturated rings. The van der Waals surface area contributed by atoms with E-state index in [1.165, 1.54) is 0 Å². The molecule has 1 N–H and O–H groups in total. The highest BCUT2D eigenvalue weighted by molar-refractivity contribution is 5.25. The van der Waals surface area contributed by atoms with Gasteiger partial charge in [-0.05, 0) is 12.8 Å². The highest BCUT2D eigenvalue weighted by atomic mass is 19.1. The SMILES string of the molecule is Fc1nc(F)nc(NC2CC2)n1. The molecule has 0 spiro atoms. The smallest absolute Gasteiger partial charge is 0.315 e. The van der Waals surface area contributed by atoms with Crippen LogP contribution in [0.15, 0.2) is 0 Å². The van der Waals surface area contributed by atoms with E-state index in [2.05, 4.69) is 20.3 Å². The van der Waals surface area contributed by atoms with E-state index in [4.69, 9.17) is 0 Å². The fourth-order valence-corrected chi connectivity index (χ4v) is 0.801. The molecule has 12 heavy (non-hydrogen) atoms. The van der Waals surface area contributed by atoms with Gasteiger partial charge >= 0.3 is 12.2 Å². The van der Waals surface area contributed by atoms with Gasteiger partial charge in [-0.3, -0.25) is 0 Å². The van der Waals surface area contributed by atoms with Gasteiger partial charge in [-0.2, -0.15) is 23.7 Å². The lowest BCUT2D eigenvalue weighted by atomic mass is 10.7. The molecule has 1 aromatic rings. The summed E-state index contributed by atoms with van der Waals surface area (Å²) in [4.78, 5) is 9.31. The maximum absolute atomic E-state index is 12.4. The number of hydrogen-bond acceptors (Lipinski definition) is 4. The summed E-state index contributed by atoms with van der Waals surface area (Å²) in [6, 6.07) is 0.270. The summed E-state index contributed by atoms with van der Waals surface area (Å²) in [7, 11) is 0. The molecule has 1 heterocycles. The first kappa shape index (κ1) is 7.33. The molecule has 1 aliphatic rings. The van der Waals surface area contributed by atoms with E-state index < -0.39 is 12.2 Å². The largest absolute Gasteiger partial charge is 0.351 e. The van der Waals surface area contributed by atoms with Gasteiger partial charge < -0.3 is 5.32 Å². The van der Waals surface area contributed by atoms with Crippen molar-refractivity contribution in [3.63, 3.8) is 0 Å². The van der Waals surface area contributed by atoms with E-state index in [1.807, 2.05) is 0 Å². The van der Waals surface area contributed by atoms with Crippen LogP contribution in [0, 0.1) is 12.2 Å². The number of nitrogens with one attached hydrogen (secondary N) is 1. The number of aromatic nitrogens is 3. The molecule has 0 aliphatic heterocycles. The van der Waals surface area contributed by atoms with Crippen molar-refractivity contribution in [2.75, 3.05) is 5.32 Å². The van der Waals surface area contributed by atoms with E-state index >= 15 is 0 Å². The first-order valence-corrected chi connectivity index (χ1v) is 3.57. The summed E-state index contributed by atoms with van der Waals surface area (Å²) in [5.74, 6) is -0.0255. The number of rotatable bonds is 2. The molecular weight excluding hydrogens is 166 g/mol. The number of hydrogen-bond donors (Lipinski definition) is 1. The minimum Gasteiger partial charge on any atom is -0.351 e. The molecule has 0 bridgehead atoms. The minimum absolute atomic E-state index is 0.0255. The van der Waals surface area contributed by atoms with E-state index in [1.54, 1.807) is 0 Å². The van der Waals surface area contributed by atoms with Gasteiger partial charge in [0.1, 0.15) is 0 Å². The van der Waals surface area contributed by atoms with Crippen LogP contribution >= 0.6 is 0 Å². The summed E-state index contributed by atoms with van der Waals surface area (Å²) in [5.41, 5.74) is 0. The molecule has 0 saturated heterocycles. The molecule has 0 aromatic carbocycles. The standard InChI is InChI=1S/C6H6F2N4/c7-4-10-5(8)12-6(11-4)9-3-1-2-3/h3H,1-2H2,(H,9,10,11,12).